The van der Waals surface area contributed by atoms with Gasteiger partial charge in [-0.15, -0.1) is 0 Å². The van der Waals surface area contributed by atoms with Gasteiger partial charge in [0.25, 0.3) is 0 Å². The van der Waals surface area contributed by atoms with Crippen molar-refractivity contribution in [1.82, 2.24) is 9.13 Å². The van der Waals surface area contributed by atoms with Crippen LogP contribution in [0.1, 0.15) is 45.5 Å². The molecule has 284 valence electrons. The first-order valence-electron chi connectivity index (χ1n) is 16.7. The summed E-state index contributed by atoms with van der Waals surface area (Å²) in [6.45, 7) is 0. The zero-order valence-electron chi connectivity index (χ0n) is 28.1. The molecule has 0 saturated carbocycles. The van der Waals surface area contributed by atoms with Gasteiger partial charge in [-0.2, -0.15) is 57.9 Å². The molecule has 0 aliphatic heterocycles. The number of hydrogen-bond acceptors (Lipinski definition) is 1. The second-order valence-electron chi connectivity index (χ2n) is 13.2. The number of allylic oxidation sites excluding steroid dienone is 1. The Morgan fingerprint density at radius 2 is 1.05 bits per heavy atom. The van der Waals surface area contributed by atoms with Crippen LogP contribution in [-0.2, 0) is 31.1 Å². The third-order valence-corrected chi connectivity index (χ3v) is 9.89. The van der Waals surface area contributed by atoms with Gasteiger partial charge < -0.3 is 9.13 Å². The van der Waals surface area contributed by atoms with Crippen LogP contribution in [0.25, 0.3) is 61.3 Å². The molecule has 0 amide bonds. The van der Waals surface area contributed by atoms with Crippen LogP contribution in [0.5, 0.6) is 0 Å². The zero-order chi connectivity index (χ0) is 40.1. The summed E-state index contributed by atoms with van der Waals surface area (Å²) < 4.78 is 171. The quantitative estimate of drug-likeness (QED) is 0.164. The van der Waals surface area contributed by atoms with E-state index in [4.69, 9.17) is 0 Å². The molecule has 2 heterocycles. The maximum Gasteiger partial charge on any atom is 0.416 e. The van der Waals surface area contributed by atoms with E-state index in [1.54, 1.807) is 36.4 Å². The number of alkyl halides is 12. The number of nitriles is 1. The molecular weight excluding hydrogens is 762 g/mol. The Balaban J connectivity index is 1.54. The third kappa shape index (κ3) is 6.04. The van der Waals surface area contributed by atoms with E-state index in [0.717, 1.165) is 24.3 Å². The second-order valence-corrected chi connectivity index (χ2v) is 13.2. The van der Waals surface area contributed by atoms with Crippen molar-refractivity contribution in [2.24, 2.45) is 0 Å². The Hall–Kier alpha value is -6.17. The molecule has 56 heavy (non-hydrogen) atoms. The molecule has 0 bridgehead atoms. The lowest BCUT2D eigenvalue weighted by molar-refractivity contribution is -0.143. The van der Waals surface area contributed by atoms with Crippen LogP contribution in [0.15, 0.2) is 97.1 Å². The van der Waals surface area contributed by atoms with E-state index < -0.39 is 58.1 Å². The van der Waals surface area contributed by atoms with Gasteiger partial charge in [0, 0.05) is 27.4 Å². The summed E-state index contributed by atoms with van der Waals surface area (Å²) in [7, 11) is 0. The Morgan fingerprint density at radius 3 is 1.64 bits per heavy atom. The predicted octanol–water partition coefficient (Wildman–Crippen LogP) is 13.3. The fraction of sp³-hybridized carbons (Fsp3) is 0.146. The van der Waals surface area contributed by atoms with E-state index in [1.165, 1.54) is 33.4 Å². The van der Waals surface area contributed by atoms with Crippen LogP contribution in [0.2, 0.25) is 0 Å². The summed E-state index contributed by atoms with van der Waals surface area (Å²) in [6, 6.07) is 17.4. The number of aromatic nitrogens is 2. The van der Waals surface area contributed by atoms with Gasteiger partial charge >= 0.3 is 24.7 Å². The highest BCUT2D eigenvalue weighted by Gasteiger charge is 2.38. The van der Waals surface area contributed by atoms with E-state index in [0.29, 0.717) is 40.7 Å². The summed E-state index contributed by atoms with van der Waals surface area (Å²) in [5, 5.41) is 11.1. The first-order chi connectivity index (χ1) is 26.3. The highest BCUT2D eigenvalue weighted by molar-refractivity contribution is 6.10. The van der Waals surface area contributed by atoms with E-state index in [2.05, 4.69) is 0 Å². The number of hydrogen-bond donors (Lipinski definition) is 0. The van der Waals surface area contributed by atoms with Crippen molar-refractivity contribution in [2.45, 2.75) is 37.5 Å². The average molecular weight is 784 g/mol. The van der Waals surface area contributed by atoms with Crippen LogP contribution in [0, 0.1) is 11.3 Å². The first-order valence-corrected chi connectivity index (χ1v) is 16.7. The minimum atomic E-state index is -5.24. The van der Waals surface area contributed by atoms with Crippen LogP contribution < -0.4 is 0 Å². The summed E-state index contributed by atoms with van der Waals surface area (Å²) in [5.74, 6) is 0. The summed E-state index contributed by atoms with van der Waals surface area (Å²) in [6.07, 6.45) is -15.9. The number of benzene rings is 5. The molecule has 5 aromatic carbocycles. The van der Waals surface area contributed by atoms with Crippen molar-refractivity contribution >= 4 is 38.8 Å². The molecule has 8 rings (SSSR count). The Morgan fingerprint density at radius 1 is 0.518 bits per heavy atom. The zero-order valence-corrected chi connectivity index (χ0v) is 28.1. The first kappa shape index (κ1) is 36.8. The van der Waals surface area contributed by atoms with Gasteiger partial charge in [0.05, 0.1) is 61.8 Å². The summed E-state index contributed by atoms with van der Waals surface area (Å²) in [5.41, 5.74) is -5.05. The molecule has 0 unspecified atom stereocenters. The van der Waals surface area contributed by atoms with Crippen molar-refractivity contribution in [3.8, 4) is 28.6 Å². The fourth-order valence-electron chi connectivity index (χ4n) is 7.46. The molecule has 3 nitrogen and oxygen atoms in total. The number of aryl methyl sites for hydroxylation is 1. The standard InChI is InChI=1S/C41H21F12N3/c42-38(43,44)23-9-11-34-30(17-23)27-5-1-3-7-32(27)55(34)36-15-22(20-54)29(21-13-25(40(48,49)50)16-26(14-21)41(51,52)53)19-37(36)56-33-8-4-2-6-28(33)31-18-24(39(45,46)47)10-12-35(31)56/h1,3-5,7-19H,2,6H2. The molecular formula is C41H21F12N3. The van der Waals surface area contributed by atoms with Gasteiger partial charge in [-0.3, -0.25) is 0 Å². The molecule has 2 aromatic heterocycles. The van der Waals surface area contributed by atoms with E-state index >= 15 is 0 Å². The minimum absolute atomic E-state index is 0.00470. The monoisotopic (exact) mass is 783 g/mol. The van der Waals surface area contributed by atoms with Crippen LogP contribution in [0.3, 0.4) is 0 Å². The average Bonchev–Trinajstić information content (AvgIpc) is 3.65. The normalized spacial score (nSPS) is 13.8. The SMILES string of the molecule is N#Cc1cc(-n2c3ccccc3c3cc(C(F)(F)F)ccc32)c(-n2c3c(c4cc(C(F)(F)F)ccc42)CCC=C3)cc1-c1cc(C(F)(F)F)cc(C(F)(F)F)c1. The maximum atomic E-state index is 14.1. The van der Waals surface area contributed by atoms with Gasteiger partial charge in [-0.25, -0.2) is 0 Å². The minimum Gasteiger partial charge on any atom is -0.307 e. The van der Waals surface area contributed by atoms with Crippen molar-refractivity contribution in [2.75, 3.05) is 0 Å². The number of rotatable bonds is 3. The topological polar surface area (TPSA) is 33.6 Å². The molecule has 0 fully saturated rings. The van der Waals surface area contributed by atoms with Crippen molar-refractivity contribution in [1.29, 1.82) is 5.26 Å². The fourth-order valence-corrected chi connectivity index (χ4v) is 7.46. The van der Waals surface area contributed by atoms with Crippen molar-refractivity contribution in [3.63, 3.8) is 0 Å². The molecule has 1 aliphatic rings. The van der Waals surface area contributed by atoms with Gasteiger partial charge in [-0.1, -0.05) is 24.3 Å². The number of halogens is 12. The Labute approximate surface area is 307 Å². The van der Waals surface area contributed by atoms with Gasteiger partial charge in [0.1, 0.15) is 0 Å². The lowest BCUT2D eigenvalue weighted by atomic mass is 9.94. The molecule has 0 spiro atoms. The highest BCUT2D eigenvalue weighted by Crippen LogP contribution is 2.45. The largest absolute Gasteiger partial charge is 0.416 e. The molecule has 0 atom stereocenters. The Bertz CT molecular complexity index is 2790. The van der Waals surface area contributed by atoms with Crippen molar-refractivity contribution < 1.29 is 52.7 Å². The van der Waals surface area contributed by atoms with Gasteiger partial charge in [0.2, 0.25) is 0 Å². The molecule has 7 aromatic rings. The van der Waals surface area contributed by atoms with E-state index in [1.807, 2.05) is 6.07 Å². The second kappa shape index (κ2) is 12.4. The molecule has 1 aliphatic carbocycles. The van der Waals surface area contributed by atoms with Gasteiger partial charge in [-0.05, 0) is 103 Å². The van der Waals surface area contributed by atoms with E-state index in [9.17, 15) is 57.9 Å². The van der Waals surface area contributed by atoms with Gasteiger partial charge in [0.15, 0.2) is 0 Å². The van der Waals surface area contributed by atoms with Crippen LogP contribution >= 0.6 is 0 Å². The molecule has 15 heteroatoms. The highest BCUT2D eigenvalue weighted by atomic mass is 19.4. The number of fused-ring (bicyclic) bond motifs is 6. The molecule has 0 saturated heterocycles. The number of nitrogens with zero attached hydrogens (tertiary/aromatic N) is 3. The maximum absolute atomic E-state index is 14.1. The lowest BCUT2D eigenvalue weighted by Crippen LogP contribution is -2.11. The molecule has 0 N–H and O–H groups in total. The van der Waals surface area contributed by atoms with Crippen LogP contribution in [0.4, 0.5) is 52.7 Å². The summed E-state index contributed by atoms with van der Waals surface area (Å²) in [4.78, 5) is 0. The summed E-state index contributed by atoms with van der Waals surface area (Å²) >= 11 is 0. The molecule has 0 radical (unpaired) electrons. The van der Waals surface area contributed by atoms with E-state index in [-0.39, 0.29) is 51.2 Å². The predicted molar refractivity (Wildman–Crippen MR) is 185 cm³/mol. The van der Waals surface area contributed by atoms with Crippen molar-refractivity contribution in [3.05, 3.63) is 136 Å². The Kier molecular flexibility index (Phi) is 8.16. The smallest absolute Gasteiger partial charge is 0.307 e. The van der Waals surface area contributed by atoms with Crippen LogP contribution in [-0.4, -0.2) is 9.13 Å². The number of para-hydroxylation sites is 1. The third-order valence-electron chi connectivity index (χ3n) is 9.89. The lowest BCUT2D eigenvalue weighted by Gasteiger charge is -2.21.